The van der Waals surface area contributed by atoms with Crippen molar-refractivity contribution in [2.45, 2.75) is 5.92 Å². The zero-order valence-electron chi connectivity index (χ0n) is 13.7. The third kappa shape index (κ3) is 3.80. The Morgan fingerprint density at radius 3 is 2.12 bits per heavy atom. The average Bonchev–Trinajstić information content (AvgIpc) is 2.64. The maximum Gasteiger partial charge on any atom is 0.326 e. The summed E-state index contributed by atoms with van der Waals surface area (Å²) in [6.07, 6.45) is 1.28. The fourth-order valence-corrected chi connectivity index (χ4v) is 2.35. The highest BCUT2D eigenvalue weighted by atomic mass is 35.5. The number of aromatic nitrogens is 2. The van der Waals surface area contributed by atoms with Crippen molar-refractivity contribution >= 4 is 23.5 Å². The first-order chi connectivity index (χ1) is 11.9. The molecule has 1 aromatic carbocycles. The first kappa shape index (κ1) is 18.5. The van der Waals surface area contributed by atoms with Gasteiger partial charge in [0.15, 0.2) is 0 Å². The predicted molar refractivity (Wildman–Crippen MR) is 88.2 cm³/mol. The largest absolute Gasteiger partial charge is 0.497 e. The van der Waals surface area contributed by atoms with Crippen molar-refractivity contribution in [3.63, 3.8) is 0 Å². The molecule has 0 aliphatic carbocycles. The van der Waals surface area contributed by atoms with Crippen LogP contribution in [0.5, 0.6) is 5.75 Å². The lowest BCUT2D eigenvalue weighted by Crippen LogP contribution is -2.34. The molecule has 2 aromatic rings. The molecule has 0 saturated heterocycles. The zero-order chi connectivity index (χ0) is 18.6. The summed E-state index contributed by atoms with van der Waals surface area (Å²) in [4.78, 5) is 40.5. The lowest BCUT2D eigenvalue weighted by atomic mass is 10.1. The van der Waals surface area contributed by atoms with Gasteiger partial charge in [-0.1, -0.05) is 11.6 Å². The van der Waals surface area contributed by atoms with Gasteiger partial charge >= 0.3 is 11.9 Å². The van der Waals surface area contributed by atoms with E-state index in [2.05, 4.69) is 14.5 Å². The van der Waals surface area contributed by atoms with Crippen LogP contribution in [0.3, 0.4) is 0 Å². The Balaban J connectivity index is 2.64. The van der Waals surface area contributed by atoms with Gasteiger partial charge in [-0.2, -0.15) is 0 Å². The van der Waals surface area contributed by atoms with Gasteiger partial charge in [0.25, 0.3) is 5.56 Å². The normalized spacial score (nSPS) is 10.4. The van der Waals surface area contributed by atoms with E-state index < -0.39 is 23.4 Å². The molecule has 0 spiro atoms. The molecule has 0 unspecified atom stereocenters. The minimum absolute atomic E-state index is 0.0803. The standard InChI is InChI=1S/C16H15ClN2O6/c1-23-10-6-4-9(5-7-10)19-8-11(17)18-13(14(19)20)12(15(21)24-2)16(22)25-3/h4-8,12H,1-3H3. The fourth-order valence-electron chi connectivity index (χ4n) is 2.16. The molecule has 8 nitrogen and oxygen atoms in total. The molecule has 25 heavy (non-hydrogen) atoms. The lowest BCUT2D eigenvalue weighted by Gasteiger charge is -2.14. The maximum absolute atomic E-state index is 12.8. The van der Waals surface area contributed by atoms with E-state index in [0.717, 1.165) is 14.2 Å². The van der Waals surface area contributed by atoms with Gasteiger partial charge in [-0.3, -0.25) is 19.0 Å². The third-order valence-electron chi connectivity index (χ3n) is 3.40. The molecule has 9 heteroatoms. The molecule has 0 radical (unpaired) electrons. The number of nitrogens with zero attached hydrogens (tertiary/aromatic N) is 2. The van der Waals surface area contributed by atoms with Gasteiger partial charge < -0.3 is 14.2 Å². The number of carbonyl (C=O) groups excluding carboxylic acids is 2. The van der Waals surface area contributed by atoms with Crippen LogP contribution in [0.25, 0.3) is 5.69 Å². The number of halogens is 1. The minimum atomic E-state index is -1.63. The smallest absolute Gasteiger partial charge is 0.326 e. The summed E-state index contributed by atoms with van der Waals surface area (Å²) < 4.78 is 15.4. The Morgan fingerprint density at radius 2 is 1.64 bits per heavy atom. The fraction of sp³-hybridized carbons (Fsp3) is 0.250. The molecule has 0 fully saturated rings. The highest BCUT2D eigenvalue weighted by Gasteiger charge is 2.35. The first-order valence-corrected chi connectivity index (χ1v) is 7.40. The molecule has 0 N–H and O–H groups in total. The first-order valence-electron chi connectivity index (χ1n) is 7.02. The Bertz CT molecular complexity index is 831. The summed E-state index contributed by atoms with van der Waals surface area (Å²) in [5.74, 6) is -2.98. The van der Waals surface area contributed by atoms with Gasteiger partial charge in [0.05, 0.1) is 27.5 Å². The Morgan fingerprint density at radius 1 is 1.08 bits per heavy atom. The molecule has 1 heterocycles. The van der Waals surface area contributed by atoms with Crippen molar-refractivity contribution in [1.82, 2.24) is 9.55 Å². The van der Waals surface area contributed by atoms with Gasteiger partial charge in [-0.05, 0) is 24.3 Å². The summed E-state index contributed by atoms with van der Waals surface area (Å²) in [7, 11) is 3.69. The van der Waals surface area contributed by atoms with Crippen molar-refractivity contribution in [2.24, 2.45) is 0 Å². The van der Waals surface area contributed by atoms with E-state index in [1.807, 2.05) is 0 Å². The van der Waals surface area contributed by atoms with Crippen LogP contribution in [-0.4, -0.2) is 42.8 Å². The Labute approximate surface area is 147 Å². The second-order valence-electron chi connectivity index (χ2n) is 4.80. The van der Waals surface area contributed by atoms with Gasteiger partial charge in [-0.15, -0.1) is 0 Å². The predicted octanol–water partition coefficient (Wildman–Crippen LogP) is 1.32. The number of esters is 2. The summed E-state index contributed by atoms with van der Waals surface area (Å²) in [5, 5.41) is -0.0803. The van der Waals surface area contributed by atoms with E-state index in [1.165, 1.54) is 17.9 Å². The second-order valence-corrected chi connectivity index (χ2v) is 5.19. The Hall–Kier alpha value is -2.87. The summed E-state index contributed by atoms with van der Waals surface area (Å²) in [6.45, 7) is 0. The molecule has 0 atom stereocenters. The summed E-state index contributed by atoms with van der Waals surface area (Å²) in [5.41, 5.74) is -0.637. The van der Waals surface area contributed by atoms with Gasteiger partial charge in [-0.25, -0.2) is 4.98 Å². The minimum Gasteiger partial charge on any atom is -0.497 e. The van der Waals surface area contributed by atoms with Crippen LogP contribution in [-0.2, 0) is 19.1 Å². The van der Waals surface area contributed by atoms with Gasteiger partial charge in [0.1, 0.15) is 16.6 Å². The molecule has 0 aliphatic rings. The second kappa shape index (κ2) is 7.80. The lowest BCUT2D eigenvalue weighted by molar-refractivity contribution is -0.154. The highest BCUT2D eigenvalue weighted by Crippen LogP contribution is 2.19. The van der Waals surface area contributed by atoms with Crippen LogP contribution in [0.1, 0.15) is 11.6 Å². The number of benzene rings is 1. The van der Waals surface area contributed by atoms with Crippen LogP contribution in [0, 0.1) is 0 Å². The molecule has 132 valence electrons. The van der Waals surface area contributed by atoms with Crippen molar-refractivity contribution in [1.29, 1.82) is 0 Å². The summed E-state index contributed by atoms with van der Waals surface area (Å²) >= 11 is 5.97. The molecule has 0 bridgehead atoms. The number of methoxy groups -OCH3 is 3. The summed E-state index contributed by atoms with van der Waals surface area (Å²) in [6, 6.07) is 6.53. The quantitative estimate of drug-likeness (QED) is 0.581. The SMILES string of the molecule is COC(=O)C(C(=O)OC)c1nc(Cl)cn(-c2ccc(OC)cc2)c1=O. The van der Waals surface area contributed by atoms with Crippen molar-refractivity contribution in [3.8, 4) is 11.4 Å². The number of ether oxygens (including phenoxy) is 3. The number of hydrogen-bond acceptors (Lipinski definition) is 7. The molecular formula is C16H15ClN2O6. The van der Waals surface area contributed by atoms with Crippen LogP contribution < -0.4 is 10.3 Å². The Kier molecular flexibility index (Phi) is 5.76. The number of carbonyl (C=O) groups is 2. The molecule has 0 aliphatic heterocycles. The van der Waals surface area contributed by atoms with E-state index in [1.54, 1.807) is 24.3 Å². The van der Waals surface area contributed by atoms with Crippen molar-refractivity contribution < 1.29 is 23.8 Å². The van der Waals surface area contributed by atoms with Crippen LogP contribution in [0.15, 0.2) is 35.3 Å². The maximum atomic E-state index is 12.8. The average molecular weight is 367 g/mol. The number of rotatable bonds is 5. The van der Waals surface area contributed by atoms with Crippen LogP contribution in [0.4, 0.5) is 0 Å². The zero-order valence-corrected chi connectivity index (χ0v) is 14.4. The molecule has 1 aromatic heterocycles. The van der Waals surface area contributed by atoms with Crippen LogP contribution >= 0.6 is 11.6 Å². The van der Waals surface area contributed by atoms with Gasteiger partial charge in [0.2, 0.25) is 5.92 Å². The number of hydrogen-bond donors (Lipinski definition) is 0. The molecule has 2 rings (SSSR count). The highest BCUT2D eigenvalue weighted by molar-refractivity contribution is 6.29. The van der Waals surface area contributed by atoms with E-state index in [4.69, 9.17) is 16.3 Å². The third-order valence-corrected chi connectivity index (χ3v) is 3.58. The monoisotopic (exact) mass is 366 g/mol. The van der Waals surface area contributed by atoms with Gasteiger partial charge in [0, 0.05) is 5.69 Å². The van der Waals surface area contributed by atoms with E-state index in [9.17, 15) is 14.4 Å². The molecule has 0 amide bonds. The topological polar surface area (TPSA) is 96.7 Å². The van der Waals surface area contributed by atoms with E-state index >= 15 is 0 Å². The molecule has 0 saturated carbocycles. The van der Waals surface area contributed by atoms with E-state index in [0.29, 0.717) is 11.4 Å². The van der Waals surface area contributed by atoms with Crippen molar-refractivity contribution in [3.05, 3.63) is 51.7 Å². The molecular weight excluding hydrogens is 352 g/mol. The van der Waals surface area contributed by atoms with Crippen molar-refractivity contribution in [2.75, 3.05) is 21.3 Å². The van der Waals surface area contributed by atoms with E-state index in [-0.39, 0.29) is 10.8 Å². The van der Waals surface area contributed by atoms with Crippen LogP contribution in [0.2, 0.25) is 5.15 Å².